The van der Waals surface area contributed by atoms with Crippen LogP contribution >= 0.6 is 0 Å². The van der Waals surface area contributed by atoms with Crippen molar-refractivity contribution in [3.05, 3.63) is 60.3 Å². The molecule has 2 aliphatic rings. The van der Waals surface area contributed by atoms with Crippen LogP contribution in [0, 0.1) is 5.41 Å². The second-order valence-corrected chi connectivity index (χ2v) is 10.4. The number of likely N-dealkylation sites (tertiary alicyclic amines) is 1. The van der Waals surface area contributed by atoms with Gasteiger partial charge >= 0.3 is 0 Å². The Balaban J connectivity index is 1.37. The van der Waals surface area contributed by atoms with Crippen molar-refractivity contribution >= 4 is 16.8 Å². The number of aromatic nitrogens is 1. The molecule has 1 aliphatic heterocycles. The molecule has 1 aromatic heterocycles. The molecule has 2 aromatic carbocycles. The molecule has 1 saturated carbocycles. The molecule has 1 amide bonds. The monoisotopic (exact) mass is 459 g/mol. The van der Waals surface area contributed by atoms with E-state index >= 15 is 0 Å². The van der Waals surface area contributed by atoms with E-state index in [0.717, 1.165) is 63.6 Å². The predicted octanol–water partition coefficient (Wildman–Crippen LogP) is 5.16. The molecule has 0 atom stereocenters. The van der Waals surface area contributed by atoms with Gasteiger partial charge in [-0.3, -0.25) is 4.79 Å². The molecule has 1 aliphatic carbocycles. The standard InChI is InChI=1S/C29H37N3O2/c1-32-16-11-25(12-17-32)31-28(33)29(13-8-26(34-2)9-14-29)20-21-4-3-5-22(18-21)23-6-7-27-24(19-23)10-15-30-27/h3-7,10,15,18-19,25-26,30H,8-9,11-14,16-17,20H2,1-2H3,(H,31,33). The second-order valence-electron chi connectivity index (χ2n) is 10.4. The lowest BCUT2D eigenvalue weighted by atomic mass is 9.68. The van der Waals surface area contributed by atoms with E-state index < -0.39 is 0 Å². The third-order valence-corrected chi connectivity index (χ3v) is 8.11. The highest BCUT2D eigenvalue weighted by molar-refractivity contribution is 5.85. The van der Waals surface area contributed by atoms with Gasteiger partial charge in [-0.2, -0.15) is 0 Å². The molecule has 180 valence electrons. The number of H-pyrrole nitrogens is 1. The number of ether oxygens (including phenoxy) is 1. The smallest absolute Gasteiger partial charge is 0.226 e. The molecule has 2 heterocycles. The van der Waals surface area contributed by atoms with Gasteiger partial charge in [-0.05, 0) is 105 Å². The normalized spacial score (nSPS) is 24.4. The first-order chi connectivity index (χ1) is 16.5. The number of nitrogens with one attached hydrogen (secondary N) is 2. The summed E-state index contributed by atoms with van der Waals surface area (Å²) in [6.45, 7) is 2.11. The van der Waals surface area contributed by atoms with Gasteiger partial charge in [0.25, 0.3) is 0 Å². The summed E-state index contributed by atoms with van der Waals surface area (Å²) in [5.41, 5.74) is 4.45. The molecule has 5 heteroatoms. The number of hydrogen-bond acceptors (Lipinski definition) is 3. The Morgan fingerprint density at radius 2 is 1.82 bits per heavy atom. The Morgan fingerprint density at radius 3 is 2.59 bits per heavy atom. The van der Waals surface area contributed by atoms with Gasteiger partial charge in [-0.25, -0.2) is 0 Å². The molecule has 2 fully saturated rings. The quantitative estimate of drug-likeness (QED) is 0.535. The maximum absolute atomic E-state index is 13.8. The lowest BCUT2D eigenvalue weighted by Crippen LogP contribution is -2.51. The van der Waals surface area contributed by atoms with E-state index in [4.69, 9.17) is 4.74 Å². The van der Waals surface area contributed by atoms with E-state index in [1.807, 2.05) is 6.20 Å². The van der Waals surface area contributed by atoms with Gasteiger partial charge in [-0.15, -0.1) is 0 Å². The maximum Gasteiger partial charge on any atom is 0.226 e. The van der Waals surface area contributed by atoms with Gasteiger partial charge in [0.15, 0.2) is 0 Å². The Labute approximate surface area is 202 Å². The van der Waals surface area contributed by atoms with E-state index in [1.165, 1.54) is 22.1 Å². The lowest BCUT2D eigenvalue weighted by Gasteiger charge is -2.40. The molecule has 2 N–H and O–H groups in total. The van der Waals surface area contributed by atoms with E-state index in [9.17, 15) is 4.79 Å². The van der Waals surface area contributed by atoms with Crippen molar-refractivity contribution in [1.82, 2.24) is 15.2 Å². The number of amides is 1. The molecule has 0 radical (unpaired) electrons. The summed E-state index contributed by atoms with van der Waals surface area (Å²) in [4.78, 5) is 19.4. The number of aromatic amines is 1. The van der Waals surface area contributed by atoms with Crippen molar-refractivity contribution in [2.45, 2.75) is 57.1 Å². The molecule has 0 spiro atoms. The van der Waals surface area contributed by atoms with E-state index in [-0.39, 0.29) is 17.4 Å². The summed E-state index contributed by atoms with van der Waals surface area (Å²) in [6, 6.07) is 17.7. The van der Waals surface area contributed by atoms with Crippen molar-refractivity contribution < 1.29 is 9.53 Å². The van der Waals surface area contributed by atoms with Crippen molar-refractivity contribution in [3.63, 3.8) is 0 Å². The number of methoxy groups -OCH3 is 1. The first kappa shape index (κ1) is 23.1. The lowest BCUT2D eigenvalue weighted by molar-refractivity contribution is -0.135. The van der Waals surface area contributed by atoms with Crippen LogP contribution in [0.1, 0.15) is 44.1 Å². The van der Waals surface area contributed by atoms with Gasteiger partial charge in [-0.1, -0.05) is 30.3 Å². The molecular formula is C29H37N3O2. The van der Waals surface area contributed by atoms with Crippen LogP contribution in [-0.2, 0) is 16.0 Å². The number of carbonyl (C=O) groups is 1. The molecular weight excluding hydrogens is 422 g/mol. The van der Waals surface area contributed by atoms with Gasteiger partial charge in [0, 0.05) is 24.9 Å². The second kappa shape index (κ2) is 9.93. The molecule has 0 bridgehead atoms. The van der Waals surface area contributed by atoms with Crippen LogP contribution in [0.15, 0.2) is 54.7 Å². The number of fused-ring (bicyclic) bond motifs is 1. The largest absolute Gasteiger partial charge is 0.381 e. The SMILES string of the molecule is COC1CCC(Cc2cccc(-c3ccc4[nH]ccc4c3)c2)(C(=O)NC2CCN(C)CC2)CC1. The third-order valence-electron chi connectivity index (χ3n) is 8.11. The highest BCUT2D eigenvalue weighted by Crippen LogP contribution is 2.41. The average molecular weight is 460 g/mol. The summed E-state index contributed by atoms with van der Waals surface area (Å²) in [7, 11) is 3.95. The summed E-state index contributed by atoms with van der Waals surface area (Å²) in [5.74, 6) is 0.246. The molecule has 5 nitrogen and oxygen atoms in total. The minimum atomic E-state index is -0.360. The summed E-state index contributed by atoms with van der Waals surface area (Å²) in [6.07, 6.45) is 8.75. The van der Waals surface area contributed by atoms with Crippen molar-refractivity contribution in [3.8, 4) is 11.1 Å². The zero-order valence-electron chi connectivity index (χ0n) is 20.5. The van der Waals surface area contributed by atoms with Crippen molar-refractivity contribution in [2.75, 3.05) is 27.2 Å². The Hall–Kier alpha value is -2.63. The fourth-order valence-electron chi connectivity index (χ4n) is 5.84. The van der Waals surface area contributed by atoms with Gasteiger partial charge in [0.05, 0.1) is 11.5 Å². The predicted molar refractivity (Wildman–Crippen MR) is 138 cm³/mol. The Morgan fingerprint density at radius 1 is 1.06 bits per heavy atom. The van der Waals surface area contributed by atoms with E-state index in [0.29, 0.717) is 6.04 Å². The topological polar surface area (TPSA) is 57.4 Å². The minimum absolute atomic E-state index is 0.246. The van der Waals surface area contributed by atoms with E-state index in [1.54, 1.807) is 7.11 Å². The third kappa shape index (κ3) is 4.91. The van der Waals surface area contributed by atoms with Gasteiger partial charge in [0.2, 0.25) is 5.91 Å². The van der Waals surface area contributed by atoms with Crippen LogP contribution in [0.5, 0.6) is 0 Å². The van der Waals surface area contributed by atoms with Crippen LogP contribution in [0.2, 0.25) is 0 Å². The van der Waals surface area contributed by atoms with Crippen LogP contribution in [0.4, 0.5) is 0 Å². The molecule has 3 aromatic rings. The zero-order chi connectivity index (χ0) is 23.5. The first-order valence-electron chi connectivity index (χ1n) is 12.7. The fraction of sp³-hybridized carbons (Fsp3) is 0.483. The van der Waals surface area contributed by atoms with Gasteiger partial charge < -0.3 is 19.9 Å². The zero-order valence-corrected chi connectivity index (χ0v) is 20.5. The summed E-state index contributed by atoms with van der Waals surface area (Å²) in [5, 5.41) is 4.67. The van der Waals surface area contributed by atoms with Crippen LogP contribution in [0.25, 0.3) is 22.0 Å². The summed E-state index contributed by atoms with van der Waals surface area (Å²) >= 11 is 0. The minimum Gasteiger partial charge on any atom is -0.381 e. The first-order valence-corrected chi connectivity index (χ1v) is 12.7. The molecule has 5 rings (SSSR count). The molecule has 0 unspecified atom stereocenters. The number of nitrogens with zero attached hydrogens (tertiary/aromatic N) is 1. The average Bonchev–Trinajstić information content (AvgIpc) is 3.34. The molecule has 1 saturated heterocycles. The van der Waals surface area contributed by atoms with Crippen molar-refractivity contribution in [2.24, 2.45) is 5.41 Å². The van der Waals surface area contributed by atoms with Gasteiger partial charge in [0.1, 0.15) is 0 Å². The highest BCUT2D eigenvalue weighted by Gasteiger charge is 2.42. The number of piperidine rings is 1. The number of carbonyl (C=O) groups excluding carboxylic acids is 1. The van der Waals surface area contributed by atoms with Crippen molar-refractivity contribution in [1.29, 1.82) is 0 Å². The number of hydrogen-bond donors (Lipinski definition) is 2. The summed E-state index contributed by atoms with van der Waals surface area (Å²) < 4.78 is 5.64. The maximum atomic E-state index is 13.8. The van der Waals surface area contributed by atoms with Crippen LogP contribution < -0.4 is 5.32 Å². The number of rotatable bonds is 6. The number of benzene rings is 2. The van der Waals surface area contributed by atoms with Crippen LogP contribution in [0.3, 0.4) is 0 Å². The molecule has 34 heavy (non-hydrogen) atoms. The van der Waals surface area contributed by atoms with Crippen LogP contribution in [-0.4, -0.2) is 55.2 Å². The van der Waals surface area contributed by atoms with E-state index in [2.05, 4.69) is 70.8 Å². The highest BCUT2D eigenvalue weighted by atomic mass is 16.5. The Bertz CT molecular complexity index is 1120. The fourth-order valence-corrected chi connectivity index (χ4v) is 5.84. The Kier molecular flexibility index (Phi) is 6.75.